The molecule has 0 bridgehead atoms. The molecule has 1 aromatic heterocycles. The summed E-state index contributed by atoms with van der Waals surface area (Å²) in [5.74, 6) is 1.90. The van der Waals surface area contributed by atoms with E-state index in [0.29, 0.717) is 5.89 Å². The number of aromatic nitrogens is 2. The topological polar surface area (TPSA) is 99.1 Å². The number of nitrogens with two attached hydrogens (primary N) is 1. The molecule has 1 heterocycles. The molecule has 2 aliphatic rings. The van der Waals surface area contributed by atoms with Crippen LogP contribution in [0.4, 0.5) is 0 Å². The van der Waals surface area contributed by atoms with E-state index in [2.05, 4.69) is 25.9 Å². The van der Waals surface area contributed by atoms with Gasteiger partial charge in [-0.2, -0.15) is 4.98 Å². The monoisotopic (exact) mass is 389 g/mol. The number of sulfonamides is 1. The Bertz CT molecular complexity index is 941. The third kappa shape index (κ3) is 3.21. The molecule has 2 saturated carbocycles. The molecular formula is C20H27N3O3S. The number of primary sulfonamides is 1. The van der Waals surface area contributed by atoms with Crippen molar-refractivity contribution in [3.05, 3.63) is 41.5 Å². The maximum atomic E-state index is 11.5. The lowest BCUT2D eigenvalue weighted by molar-refractivity contribution is 0.287. The van der Waals surface area contributed by atoms with Crippen molar-refractivity contribution in [3.63, 3.8) is 0 Å². The van der Waals surface area contributed by atoms with Crippen LogP contribution in [0.15, 0.2) is 33.7 Å². The number of hydrogen-bond acceptors (Lipinski definition) is 5. The van der Waals surface area contributed by atoms with Crippen LogP contribution in [0.5, 0.6) is 0 Å². The molecule has 2 aromatic rings. The second-order valence-electron chi connectivity index (χ2n) is 8.97. The van der Waals surface area contributed by atoms with E-state index in [0.717, 1.165) is 24.2 Å². The Hall–Kier alpha value is -1.73. The van der Waals surface area contributed by atoms with Crippen LogP contribution < -0.4 is 5.14 Å². The van der Waals surface area contributed by atoms with Crippen molar-refractivity contribution in [1.82, 2.24) is 10.1 Å². The van der Waals surface area contributed by atoms with Crippen molar-refractivity contribution in [2.45, 2.75) is 75.0 Å². The summed E-state index contributed by atoms with van der Waals surface area (Å²) in [6.07, 6.45) is 5.94. The number of hydrogen-bond donors (Lipinski definition) is 1. The quantitative estimate of drug-likeness (QED) is 0.856. The minimum absolute atomic E-state index is 0.0135. The van der Waals surface area contributed by atoms with Gasteiger partial charge < -0.3 is 4.52 Å². The van der Waals surface area contributed by atoms with Crippen LogP contribution in [0.1, 0.15) is 82.0 Å². The molecule has 7 heteroatoms. The minimum atomic E-state index is -3.68. The zero-order valence-corrected chi connectivity index (χ0v) is 16.9. The fourth-order valence-electron chi connectivity index (χ4n) is 4.75. The number of nitrogens with zero attached hydrogens (tertiary/aromatic N) is 2. The van der Waals surface area contributed by atoms with E-state index in [1.54, 1.807) is 12.1 Å². The average Bonchev–Trinajstić information content (AvgIpc) is 2.96. The van der Waals surface area contributed by atoms with Gasteiger partial charge in [-0.1, -0.05) is 57.3 Å². The average molecular weight is 390 g/mol. The van der Waals surface area contributed by atoms with Gasteiger partial charge in [0, 0.05) is 11.3 Å². The van der Waals surface area contributed by atoms with Crippen LogP contribution in [0.2, 0.25) is 0 Å². The predicted octanol–water partition coefficient (Wildman–Crippen LogP) is 3.85. The van der Waals surface area contributed by atoms with Gasteiger partial charge in [-0.15, -0.1) is 0 Å². The Morgan fingerprint density at radius 2 is 1.67 bits per heavy atom. The highest BCUT2D eigenvalue weighted by atomic mass is 32.2. The molecule has 2 fully saturated rings. The molecule has 6 nitrogen and oxygen atoms in total. The highest BCUT2D eigenvalue weighted by molar-refractivity contribution is 7.89. The fraction of sp³-hybridized carbons (Fsp3) is 0.600. The highest BCUT2D eigenvalue weighted by Gasteiger charge is 2.62. The summed E-state index contributed by atoms with van der Waals surface area (Å²) in [5.41, 5.74) is 1.08. The molecule has 0 amide bonds. The molecule has 2 N–H and O–H groups in total. The van der Waals surface area contributed by atoms with Gasteiger partial charge >= 0.3 is 0 Å². The lowest BCUT2D eigenvalue weighted by Gasteiger charge is -2.29. The smallest absolute Gasteiger partial charge is 0.238 e. The van der Waals surface area contributed by atoms with Crippen molar-refractivity contribution in [2.75, 3.05) is 0 Å². The molecular weight excluding hydrogens is 362 g/mol. The van der Waals surface area contributed by atoms with E-state index < -0.39 is 10.0 Å². The van der Waals surface area contributed by atoms with Gasteiger partial charge in [0.25, 0.3) is 0 Å². The van der Waals surface area contributed by atoms with Crippen LogP contribution >= 0.6 is 0 Å². The van der Waals surface area contributed by atoms with Crippen LogP contribution in [0.3, 0.4) is 0 Å². The maximum Gasteiger partial charge on any atom is 0.238 e. The first-order chi connectivity index (χ1) is 12.6. The van der Waals surface area contributed by atoms with Gasteiger partial charge in [0.2, 0.25) is 15.9 Å². The van der Waals surface area contributed by atoms with Crippen molar-refractivity contribution in [1.29, 1.82) is 0 Å². The molecule has 0 saturated heterocycles. The summed E-state index contributed by atoms with van der Waals surface area (Å²) in [4.78, 5) is 4.93. The fourth-order valence-corrected chi connectivity index (χ4v) is 5.26. The van der Waals surface area contributed by atoms with Crippen molar-refractivity contribution in [2.24, 2.45) is 10.6 Å². The van der Waals surface area contributed by atoms with Gasteiger partial charge in [0.05, 0.1) is 10.8 Å². The normalized spacial score (nSPS) is 26.7. The molecule has 1 aromatic carbocycles. The molecule has 27 heavy (non-hydrogen) atoms. The predicted molar refractivity (Wildman–Crippen MR) is 102 cm³/mol. The lowest BCUT2D eigenvalue weighted by atomic mass is 9.75. The molecule has 4 rings (SSSR count). The molecule has 2 aliphatic carbocycles. The van der Waals surface area contributed by atoms with Crippen molar-refractivity contribution < 1.29 is 12.9 Å². The highest BCUT2D eigenvalue weighted by Crippen LogP contribution is 2.69. The van der Waals surface area contributed by atoms with E-state index in [9.17, 15) is 8.42 Å². The molecule has 0 radical (unpaired) electrons. The molecule has 0 spiro atoms. The summed E-state index contributed by atoms with van der Waals surface area (Å²) in [6, 6.07) is 6.81. The Kier molecular flexibility index (Phi) is 4.23. The largest absolute Gasteiger partial charge is 0.339 e. The number of rotatable bonds is 4. The van der Waals surface area contributed by atoms with Crippen molar-refractivity contribution >= 4 is 10.0 Å². The number of benzene rings is 1. The molecule has 0 unspecified atom stereocenters. The van der Waals surface area contributed by atoms with Gasteiger partial charge in [-0.25, -0.2) is 13.6 Å². The zero-order valence-electron chi connectivity index (χ0n) is 16.1. The van der Waals surface area contributed by atoms with Gasteiger partial charge in [-0.05, 0) is 36.0 Å². The summed E-state index contributed by atoms with van der Waals surface area (Å²) < 4.78 is 28.6. The van der Waals surface area contributed by atoms with E-state index in [4.69, 9.17) is 14.6 Å². The van der Waals surface area contributed by atoms with Crippen LogP contribution in [0.25, 0.3) is 0 Å². The molecule has 2 atom stereocenters. The van der Waals surface area contributed by atoms with Gasteiger partial charge in [0.15, 0.2) is 5.82 Å². The van der Waals surface area contributed by atoms with Crippen LogP contribution in [0, 0.1) is 5.41 Å². The summed E-state index contributed by atoms with van der Waals surface area (Å²) in [7, 11) is -3.68. The standard InChI is InChI=1S/C20H27N3O3S/c1-19(2)15(13-7-9-14(10-8-13)27(21,24)25)16(19)17-22-18(23-26-17)20(3)11-5-4-6-12-20/h7-10,15-16H,4-6,11-12H2,1-3H3,(H2,21,24,25)/t15-,16+/m0/s1. The second-order valence-corrected chi connectivity index (χ2v) is 10.5. The maximum absolute atomic E-state index is 11.5. The third-order valence-electron chi connectivity index (χ3n) is 6.60. The Labute approximate surface area is 160 Å². The Morgan fingerprint density at radius 3 is 2.26 bits per heavy atom. The SMILES string of the molecule is CC1(c2noc([C@H]3[C@H](c4ccc(S(N)(=O)=O)cc4)C3(C)C)n2)CCCCC1. The minimum Gasteiger partial charge on any atom is -0.339 e. The summed E-state index contributed by atoms with van der Waals surface area (Å²) in [5, 5.41) is 9.53. The van der Waals surface area contributed by atoms with Crippen molar-refractivity contribution in [3.8, 4) is 0 Å². The molecule has 146 valence electrons. The second kappa shape index (κ2) is 6.14. The first-order valence-electron chi connectivity index (χ1n) is 9.60. The van der Waals surface area contributed by atoms with E-state index in [1.807, 2.05) is 12.1 Å². The first-order valence-corrected chi connectivity index (χ1v) is 11.1. The summed E-state index contributed by atoms with van der Waals surface area (Å²) in [6.45, 7) is 6.60. The van der Waals surface area contributed by atoms with E-state index in [-0.39, 0.29) is 27.6 Å². The first kappa shape index (κ1) is 18.6. The van der Waals surface area contributed by atoms with Crippen LogP contribution in [-0.4, -0.2) is 18.6 Å². The third-order valence-corrected chi connectivity index (χ3v) is 7.53. The van der Waals surface area contributed by atoms with Crippen LogP contribution in [-0.2, 0) is 15.4 Å². The molecule has 0 aliphatic heterocycles. The Balaban J connectivity index is 1.58. The van der Waals surface area contributed by atoms with E-state index in [1.165, 1.54) is 19.3 Å². The summed E-state index contributed by atoms with van der Waals surface area (Å²) >= 11 is 0. The zero-order chi connectivity index (χ0) is 19.4. The van der Waals surface area contributed by atoms with Gasteiger partial charge in [0.1, 0.15) is 0 Å². The van der Waals surface area contributed by atoms with E-state index >= 15 is 0 Å². The van der Waals surface area contributed by atoms with Gasteiger partial charge in [-0.3, -0.25) is 0 Å². The lowest BCUT2D eigenvalue weighted by Crippen LogP contribution is -2.26. The Morgan fingerprint density at radius 1 is 1.04 bits per heavy atom.